The minimum absolute atomic E-state index is 0.0891. The molecule has 9 heteroatoms. The van der Waals surface area contributed by atoms with Crippen LogP contribution in [-0.4, -0.2) is 34.4 Å². The first kappa shape index (κ1) is 22.5. The Labute approximate surface area is 192 Å². The highest BCUT2D eigenvalue weighted by Crippen LogP contribution is 2.39. The summed E-state index contributed by atoms with van der Waals surface area (Å²) in [6.07, 6.45) is -5.20. The fraction of sp³-hybridized carbons (Fsp3) is 0.125. The SMILES string of the molecule is O=C(NC1(C(F)(F)F)N=C(c2ccccc2)N(Cc2ccccc2)C1=O)c1ccc(Cl)cc1. The van der Waals surface area contributed by atoms with Crippen LogP contribution in [0.15, 0.2) is 89.9 Å². The van der Waals surface area contributed by atoms with Crippen molar-refractivity contribution >= 4 is 29.3 Å². The first-order valence-electron chi connectivity index (χ1n) is 9.87. The average Bonchev–Trinajstić information content (AvgIpc) is 3.08. The van der Waals surface area contributed by atoms with E-state index in [0.29, 0.717) is 16.1 Å². The Morgan fingerprint density at radius 1 is 0.939 bits per heavy atom. The molecule has 1 atom stereocenters. The summed E-state index contributed by atoms with van der Waals surface area (Å²) in [6.45, 7) is -0.151. The summed E-state index contributed by atoms with van der Waals surface area (Å²) in [5, 5.41) is 2.16. The third-order valence-electron chi connectivity index (χ3n) is 5.11. The number of alkyl halides is 3. The van der Waals surface area contributed by atoms with E-state index in [1.54, 1.807) is 60.7 Å². The van der Waals surface area contributed by atoms with Crippen LogP contribution in [0.25, 0.3) is 0 Å². The second-order valence-electron chi connectivity index (χ2n) is 7.35. The van der Waals surface area contributed by atoms with Gasteiger partial charge in [-0.25, -0.2) is 4.99 Å². The van der Waals surface area contributed by atoms with E-state index in [1.165, 1.54) is 24.3 Å². The van der Waals surface area contributed by atoms with E-state index in [-0.39, 0.29) is 17.9 Å². The van der Waals surface area contributed by atoms with Crippen molar-refractivity contribution in [3.8, 4) is 0 Å². The fourth-order valence-corrected chi connectivity index (χ4v) is 3.58. The van der Waals surface area contributed by atoms with Crippen LogP contribution in [0.5, 0.6) is 0 Å². The summed E-state index contributed by atoms with van der Waals surface area (Å²) in [6, 6.07) is 21.9. The van der Waals surface area contributed by atoms with E-state index >= 15 is 0 Å². The lowest BCUT2D eigenvalue weighted by atomic mass is 10.1. The van der Waals surface area contributed by atoms with Crippen LogP contribution >= 0.6 is 11.6 Å². The average molecular weight is 472 g/mol. The highest BCUT2D eigenvalue weighted by molar-refractivity contribution is 6.30. The standard InChI is InChI=1S/C24H17ClF3N3O2/c25-19-13-11-18(12-14-19)21(32)30-23(24(26,27)28)22(33)31(15-16-7-3-1-4-8-16)20(29-23)17-9-5-2-6-10-17/h1-14H,15H2,(H,30,32). The molecule has 0 radical (unpaired) electrons. The number of hydrogen-bond acceptors (Lipinski definition) is 3. The quantitative estimate of drug-likeness (QED) is 0.580. The van der Waals surface area contributed by atoms with Crippen LogP contribution < -0.4 is 5.32 Å². The molecule has 3 aromatic carbocycles. The molecule has 0 saturated carbocycles. The van der Waals surface area contributed by atoms with Gasteiger partial charge in [-0.15, -0.1) is 0 Å². The number of amides is 2. The molecule has 1 aliphatic rings. The van der Waals surface area contributed by atoms with Gasteiger partial charge in [0.2, 0.25) is 0 Å². The maximum atomic E-state index is 14.4. The van der Waals surface area contributed by atoms with Gasteiger partial charge in [0.1, 0.15) is 5.84 Å². The molecule has 5 nitrogen and oxygen atoms in total. The number of carbonyl (C=O) groups excluding carboxylic acids is 2. The van der Waals surface area contributed by atoms with Crippen molar-refractivity contribution in [1.82, 2.24) is 10.2 Å². The molecule has 33 heavy (non-hydrogen) atoms. The maximum Gasteiger partial charge on any atom is 0.442 e. The molecule has 0 fully saturated rings. The van der Waals surface area contributed by atoms with Crippen LogP contribution in [0.3, 0.4) is 0 Å². The number of benzene rings is 3. The molecule has 2 amide bonds. The van der Waals surface area contributed by atoms with Gasteiger partial charge in [-0.1, -0.05) is 72.3 Å². The predicted octanol–water partition coefficient (Wildman–Crippen LogP) is 4.82. The highest BCUT2D eigenvalue weighted by atomic mass is 35.5. The van der Waals surface area contributed by atoms with E-state index in [0.717, 1.165) is 4.90 Å². The van der Waals surface area contributed by atoms with Gasteiger partial charge < -0.3 is 5.32 Å². The predicted molar refractivity (Wildman–Crippen MR) is 118 cm³/mol. The van der Waals surface area contributed by atoms with E-state index in [1.807, 2.05) is 5.32 Å². The molecular weight excluding hydrogens is 455 g/mol. The zero-order valence-corrected chi connectivity index (χ0v) is 17.8. The maximum absolute atomic E-state index is 14.4. The molecule has 0 bridgehead atoms. The fourth-order valence-electron chi connectivity index (χ4n) is 3.45. The lowest BCUT2D eigenvalue weighted by molar-refractivity contribution is -0.196. The monoisotopic (exact) mass is 471 g/mol. The zero-order chi connectivity index (χ0) is 23.6. The molecule has 168 valence electrons. The van der Waals surface area contributed by atoms with Crippen LogP contribution in [-0.2, 0) is 11.3 Å². The van der Waals surface area contributed by atoms with E-state index < -0.39 is 23.7 Å². The number of nitrogens with zero attached hydrogens (tertiary/aromatic N) is 2. The highest BCUT2D eigenvalue weighted by Gasteiger charge is 2.67. The molecule has 0 aromatic heterocycles. The zero-order valence-electron chi connectivity index (χ0n) is 17.0. The molecule has 0 aliphatic carbocycles. The van der Waals surface area contributed by atoms with Crippen molar-refractivity contribution in [3.05, 3.63) is 107 Å². The van der Waals surface area contributed by atoms with Crippen molar-refractivity contribution in [2.75, 3.05) is 0 Å². The van der Waals surface area contributed by atoms with E-state index in [4.69, 9.17) is 11.6 Å². The number of nitrogens with one attached hydrogen (secondary N) is 1. The number of hydrogen-bond donors (Lipinski definition) is 1. The van der Waals surface area contributed by atoms with Gasteiger partial charge in [-0.2, -0.15) is 13.2 Å². The molecular formula is C24H17ClF3N3O2. The molecule has 1 N–H and O–H groups in total. The summed E-state index contributed by atoms with van der Waals surface area (Å²) in [5.41, 5.74) is -2.64. The minimum atomic E-state index is -5.20. The van der Waals surface area contributed by atoms with Crippen LogP contribution in [0.4, 0.5) is 13.2 Å². The van der Waals surface area contributed by atoms with Gasteiger partial charge in [0.05, 0.1) is 6.54 Å². The van der Waals surface area contributed by atoms with Crippen molar-refractivity contribution < 1.29 is 22.8 Å². The molecule has 1 unspecified atom stereocenters. The number of amidine groups is 1. The van der Waals surface area contributed by atoms with Crippen LogP contribution in [0.2, 0.25) is 5.02 Å². The van der Waals surface area contributed by atoms with Crippen LogP contribution in [0, 0.1) is 0 Å². The molecule has 4 rings (SSSR count). The number of rotatable bonds is 5. The Balaban J connectivity index is 1.80. The van der Waals surface area contributed by atoms with Crippen molar-refractivity contribution in [1.29, 1.82) is 0 Å². The first-order valence-corrected chi connectivity index (χ1v) is 10.2. The second kappa shape index (κ2) is 8.71. The largest absolute Gasteiger partial charge is 0.442 e. The van der Waals surface area contributed by atoms with Crippen molar-refractivity contribution in [2.45, 2.75) is 18.4 Å². The van der Waals surface area contributed by atoms with Crippen LogP contribution in [0.1, 0.15) is 21.5 Å². The van der Waals surface area contributed by atoms with Gasteiger partial charge in [-0.05, 0) is 29.8 Å². The molecule has 3 aromatic rings. The third-order valence-corrected chi connectivity index (χ3v) is 5.36. The third kappa shape index (κ3) is 4.34. The Bertz CT molecular complexity index is 1200. The van der Waals surface area contributed by atoms with Gasteiger partial charge in [0, 0.05) is 16.1 Å². The summed E-state index contributed by atoms with van der Waals surface area (Å²) in [7, 11) is 0. The summed E-state index contributed by atoms with van der Waals surface area (Å²) in [5.74, 6) is -2.67. The van der Waals surface area contributed by atoms with Gasteiger partial charge >= 0.3 is 11.8 Å². The topological polar surface area (TPSA) is 61.8 Å². The Morgan fingerprint density at radius 2 is 1.52 bits per heavy atom. The summed E-state index contributed by atoms with van der Waals surface area (Å²) in [4.78, 5) is 30.8. The molecule has 0 saturated heterocycles. The van der Waals surface area contributed by atoms with Crippen molar-refractivity contribution in [3.63, 3.8) is 0 Å². The Morgan fingerprint density at radius 3 is 2.09 bits per heavy atom. The summed E-state index contributed by atoms with van der Waals surface area (Å²) < 4.78 is 43.3. The van der Waals surface area contributed by atoms with Gasteiger partial charge in [0.15, 0.2) is 0 Å². The summed E-state index contributed by atoms with van der Waals surface area (Å²) >= 11 is 5.80. The Kier molecular flexibility index (Phi) is 5.95. The molecule has 1 aliphatic heterocycles. The lowest BCUT2D eigenvalue weighted by Crippen LogP contribution is -2.63. The number of aliphatic imine (C=N–C) groups is 1. The second-order valence-corrected chi connectivity index (χ2v) is 7.78. The minimum Gasteiger partial charge on any atom is -0.312 e. The normalized spacial score (nSPS) is 18.2. The van der Waals surface area contributed by atoms with E-state index in [9.17, 15) is 22.8 Å². The molecule has 1 heterocycles. The number of carbonyl (C=O) groups is 2. The molecule has 0 spiro atoms. The first-order chi connectivity index (χ1) is 15.7. The van der Waals surface area contributed by atoms with E-state index in [2.05, 4.69) is 4.99 Å². The lowest BCUT2D eigenvalue weighted by Gasteiger charge is -2.29. The smallest absolute Gasteiger partial charge is 0.312 e. The van der Waals surface area contributed by atoms with Crippen molar-refractivity contribution in [2.24, 2.45) is 4.99 Å². The number of halogens is 4. The van der Waals surface area contributed by atoms with Gasteiger partial charge in [0.25, 0.3) is 11.8 Å². The Hall–Kier alpha value is -3.65. The van der Waals surface area contributed by atoms with Gasteiger partial charge in [-0.3, -0.25) is 14.5 Å².